The van der Waals surface area contributed by atoms with Crippen LogP contribution in [0.15, 0.2) is 36.5 Å². The number of aryl methyl sites for hydroxylation is 1. The largest absolute Gasteiger partial charge is 0.310 e. The van der Waals surface area contributed by atoms with E-state index in [0.29, 0.717) is 0 Å². The first kappa shape index (κ1) is 15.1. The maximum Gasteiger partial charge on any atom is 0.164 e. The number of hydrogen-bond donors (Lipinski definition) is 0. The Balaban J connectivity index is 1.52. The molecule has 0 spiro atoms. The minimum absolute atomic E-state index is 0.922. The van der Waals surface area contributed by atoms with Gasteiger partial charge in [0.2, 0.25) is 0 Å². The Labute approximate surface area is 141 Å². The average Bonchev–Trinajstić information content (AvgIpc) is 3.09. The van der Waals surface area contributed by atoms with E-state index in [4.69, 9.17) is 0 Å². The topological polar surface area (TPSA) is 51.8 Å². The lowest BCUT2D eigenvalue weighted by Gasteiger charge is -2.19. The summed E-state index contributed by atoms with van der Waals surface area (Å²) in [7, 11) is 1.99. The quantitative estimate of drug-likeness (QED) is 0.740. The van der Waals surface area contributed by atoms with Gasteiger partial charge in [0.25, 0.3) is 0 Å². The lowest BCUT2D eigenvalue weighted by atomic mass is 10.2. The standard InChI is InChI=1S/C18H22N6/c1-14-16(12-19-22(14)2)13-23-9-8-17-20-21-18(24(17)11-10-23)15-6-4-3-5-7-15/h3-7,12H,8-11,13H2,1-2H3. The van der Waals surface area contributed by atoms with E-state index in [2.05, 4.69) is 43.8 Å². The summed E-state index contributed by atoms with van der Waals surface area (Å²) in [6.07, 6.45) is 2.91. The third-order valence-electron chi connectivity index (χ3n) is 4.88. The fourth-order valence-electron chi connectivity index (χ4n) is 3.27. The molecule has 0 N–H and O–H groups in total. The summed E-state index contributed by atoms with van der Waals surface area (Å²) in [5.74, 6) is 2.06. The number of fused-ring (bicyclic) bond motifs is 1. The second-order valence-electron chi connectivity index (χ2n) is 6.36. The Morgan fingerprint density at radius 1 is 1.04 bits per heavy atom. The van der Waals surface area contributed by atoms with Crippen molar-refractivity contribution in [1.29, 1.82) is 0 Å². The highest BCUT2D eigenvalue weighted by Gasteiger charge is 2.20. The van der Waals surface area contributed by atoms with E-state index >= 15 is 0 Å². The molecule has 1 aliphatic rings. The van der Waals surface area contributed by atoms with Crippen molar-refractivity contribution in [3.63, 3.8) is 0 Å². The van der Waals surface area contributed by atoms with Crippen LogP contribution in [-0.4, -0.2) is 42.5 Å². The molecule has 0 unspecified atom stereocenters. The van der Waals surface area contributed by atoms with Crippen LogP contribution in [0, 0.1) is 6.92 Å². The van der Waals surface area contributed by atoms with Gasteiger partial charge in [0.1, 0.15) is 5.82 Å². The molecule has 0 aliphatic carbocycles. The summed E-state index contributed by atoms with van der Waals surface area (Å²) in [4.78, 5) is 2.48. The van der Waals surface area contributed by atoms with E-state index in [1.165, 1.54) is 11.3 Å². The lowest BCUT2D eigenvalue weighted by Crippen LogP contribution is -2.26. The second kappa shape index (κ2) is 6.20. The normalized spacial score (nSPS) is 15.2. The van der Waals surface area contributed by atoms with Gasteiger partial charge in [-0.25, -0.2) is 0 Å². The monoisotopic (exact) mass is 322 g/mol. The summed E-state index contributed by atoms with van der Waals surface area (Å²) >= 11 is 0. The van der Waals surface area contributed by atoms with E-state index in [0.717, 1.165) is 49.8 Å². The van der Waals surface area contributed by atoms with Crippen LogP contribution in [0.3, 0.4) is 0 Å². The smallest absolute Gasteiger partial charge is 0.164 e. The molecular formula is C18H22N6. The molecule has 4 rings (SSSR count). The van der Waals surface area contributed by atoms with Gasteiger partial charge in [-0.1, -0.05) is 30.3 Å². The van der Waals surface area contributed by atoms with Gasteiger partial charge in [-0.3, -0.25) is 9.58 Å². The first-order valence-corrected chi connectivity index (χ1v) is 8.39. The molecule has 0 saturated carbocycles. The van der Waals surface area contributed by atoms with Gasteiger partial charge in [0.05, 0.1) is 6.20 Å². The number of nitrogens with zero attached hydrogens (tertiary/aromatic N) is 6. The highest BCUT2D eigenvalue weighted by molar-refractivity contribution is 5.55. The molecule has 0 fully saturated rings. The summed E-state index contributed by atoms with van der Waals surface area (Å²) in [5.41, 5.74) is 3.68. The molecule has 1 aliphatic heterocycles. The fraction of sp³-hybridized carbons (Fsp3) is 0.389. The predicted octanol–water partition coefficient (Wildman–Crippen LogP) is 2.05. The third kappa shape index (κ3) is 2.73. The van der Waals surface area contributed by atoms with E-state index < -0.39 is 0 Å². The van der Waals surface area contributed by atoms with Crippen molar-refractivity contribution in [2.24, 2.45) is 7.05 Å². The SMILES string of the molecule is Cc1c(CN2CCc3nnc(-c4ccccc4)n3CC2)cnn1C. The van der Waals surface area contributed by atoms with Gasteiger partial charge in [0, 0.05) is 56.5 Å². The highest BCUT2D eigenvalue weighted by atomic mass is 15.3. The first-order valence-electron chi connectivity index (χ1n) is 8.39. The maximum absolute atomic E-state index is 4.43. The molecule has 0 atom stereocenters. The molecule has 0 radical (unpaired) electrons. The molecule has 0 saturated heterocycles. The average molecular weight is 322 g/mol. The van der Waals surface area contributed by atoms with Crippen LogP contribution in [0.2, 0.25) is 0 Å². The van der Waals surface area contributed by atoms with Crippen LogP contribution < -0.4 is 0 Å². The molecule has 0 amide bonds. The van der Waals surface area contributed by atoms with E-state index in [9.17, 15) is 0 Å². The van der Waals surface area contributed by atoms with E-state index in [1.807, 2.05) is 36.1 Å². The molecule has 0 bridgehead atoms. The Morgan fingerprint density at radius 2 is 1.88 bits per heavy atom. The molecule has 2 aromatic heterocycles. The second-order valence-corrected chi connectivity index (χ2v) is 6.36. The van der Waals surface area contributed by atoms with Crippen molar-refractivity contribution in [2.45, 2.75) is 26.4 Å². The van der Waals surface area contributed by atoms with E-state index in [-0.39, 0.29) is 0 Å². The Kier molecular flexibility index (Phi) is 3.90. The van der Waals surface area contributed by atoms with E-state index in [1.54, 1.807) is 0 Å². The molecule has 24 heavy (non-hydrogen) atoms. The van der Waals surface area contributed by atoms with Crippen molar-refractivity contribution in [3.05, 3.63) is 53.6 Å². The number of rotatable bonds is 3. The summed E-state index contributed by atoms with van der Waals surface area (Å²) in [6, 6.07) is 10.3. The molecule has 6 heteroatoms. The van der Waals surface area contributed by atoms with Crippen LogP contribution in [-0.2, 0) is 26.6 Å². The van der Waals surface area contributed by atoms with Crippen molar-refractivity contribution in [2.75, 3.05) is 13.1 Å². The number of hydrogen-bond acceptors (Lipinski definition) is 4. The zero-order valence-electron chi connectivity index (χ0n) is 14.2. The number of aromatic nitrogens is 5. The van der Waals surface area contributed by atoms with Gasteiger partial charge in [-0.05, 0) is 6.92 Å². The predicted molar refractivity (Wildman–Crippen MR) is 92.4 cm³/mol. The number of benzene rings is 1. The molecule has 1 aromatic carbocycles. The van der Waals surface area contributed by atoms with Gasteiger partial charge in [0.15, 0.2) is 5.82 Å². The van der Waals surface area contributed by atoms with Crippen LogP contribution >= 0.6 is 0 Å². The zero-order valence-corrected chi connectivity index (χ0v) is 14.2. The summed E-state index contributed by atoms with van der Waals surface area (Å²) < 4.78 is 4.21. The highest BCUT2D eigenvalue weighted by Crippen LogP contribution is 2.21. The first-order chi connectivity index (χ1) is 11.7. The van der Waals surface area contributed by atoms with Gasteiger partial charge in [-0.2, -0.15) is 5.10 Å². The van der Waals surface area contributed by atoms with Crippen LogP contribution in [0.4, 0.5) is 0 Å². The van der Waals surface area contributed by atoms with Crippen molar-refractivity contribution in [3.8, 4) is 11.4 Å². The fourth-order valence-corrected chi connectivity index (χ4v) is 3.27. The van der Waals surface area contributed by atoms with Crippen molar-refractivity contribution < 1.29 is 0 Å². The summed E-state index contributed by atoms with van der Waals surface area (Å²) in [6.45, 7) is 5.99. The van der Waals surface area contributed by atoms with Gasteiger partial charge in [-0.15, -0.1) is 10.2 Å². The van der Waals surface area contributed by atoms with Crippen LogP contribution in [0.5, 0.6) is 0 Å². The van der Waals surface area contributed by atoms with Crippen LogP contribution in [0.1, 0.15) is 17.1 Å². The lowest BCUT2D eigenvalue weighted by molar-refractivity contribution is 0.271. The van der Waals surface area contributed by atoms with Gasteiger partial charge >= 0.3 is 0 Å². The third-order valence-corrected chi connectivity index (χ3v) is 4.88. The molecule has 3 aromatic rings. The molecular weight excluding hydrogens is 300 g/mol. The zero-order chi connectivity index (χ0) is 16.5. The molecule has 6 nitrogen and oxygen atoms in total. The Hall–Kier alpha value is -2.47. The Morgan fingerprint density at radius 3 is 2.62 bits per heavy atom. The minimum Gasteiger partial charge on any atom is -0.310 e. The van der Waals surface area contributed by atoms with Crippen molar-refractivity contribution >= 4 is 0 Å². The minimum atomic E-state index is 0.922. The van der Waals surface area contributed by atoms with Crippen molar-refractivity contribution in [1.82, 2.24) is 29.4 Å². The Bertz CT molecular complexity index is 833. The molecule has 124 valence electrons. The van der Waals surface area contributed by atoms with Gasteiger partial charge < -0.3 is 4.57 Å². The van der Waals surface area contributed by atoms with Crippen LogP contribution in [0.25, 0.3) is 11.4 Å². The molecule has 3 heterocycles. The maximum atomic E-state index is 4.43. The summed E-state index contributed by atoms with van der Waals surface area (Å²) in [5, 5.41) is 13.2.